The molecule has 2 aromatic rings. The van der Waals surface area contributed by atoms with Gasteiger partial charge in [-0.05, 0) is 52.0 Å². The van der Waals surface area contributed by atoms with Crippen LogP contribution in [0.2, 0.25) is 0 Å². The number of thiophene rings is 1. The molecular formula is C13H13BrFNS. The first-order valence-electron chi connectivity index (χ1n) is 5.45. The van der Waals surface area contributed by atoms with Crippen LogP contribution < -0.4 is 5.32 Å². The van der Waals surface area contributed by atoms with E-state index < -0.39 is 0 Å². The van der Waals surface area contributed by atoms with E-state index in [2.05, 4.69) is 39.6 Å². The molecule has 1 heterocycles. The topological polar surface area (TPSA) is 12.0 Å². The number of hydrogen-bond acceptors (Lipinski definition) is 2. The van der Waals surface area contributed by atoms with Crippen molar-refractivity contribution in [2.24, 2.45) is 0 Å². The number of hydrogen-bond donors (Lipinski definition) is 1. The highest BCUT2D eigenvalue weighted by Gasteiger charge is 2.10. The highest BCUT2D eigenvalue weighted by Crippen LogP contribution is 2.27. The van der Waals surface area contributed by atoms with E-state index in [-0.39, 0.29) is 11.9 Å². The number of nitrogens with one attached hydrogen (secondary N) is 1. The van der Waals surface area contributed by atoms with Crippen LogP contribution in [-0.4, -0.2) is 0 Å². The van der Waals surface area contributed by atoms with Gasteiger partial charge < -0.3 is 5.32 Å². The molecule has 0 spiro atoms. The van der Waals surface area contributed by atoms with Crippen molar-refractivity contribution in [1.82, 2.24) is 0 Å². The lowest BCUT2D eigenvalue weighted by molar-refractivity contribution is 0.621. The molecule has 0 aliphatic carbocycles. The van der Waals surface area contributed by atoms with Gasteiger partial charge in [-0.3, -0.25) is 0 Å². The quantitative estimate of drug-likeness (QED) is 0.816. The van der Waals surface area contributed by atoms with Crippen LogP contribution in [-0.2, 0) is 0 Å². The van der Waals surface area contributed by atoms with Crippen molar-refractivity contribution >= 4 is 33.0 Å². The highest BCUT2D eigenvalue weighted by atomic mass is 79.9. The average molecular weight is 314 g/mol. The van der Waals surface area contributed by atoms with E-state index in [9.17, 15) is 4.39 Å². The van der Waals surface area contributed by atoms with Crippen molar-refractivity contribution in [1.29, 1.82) is 0 Å². The molecule has 17 heavy (non-hydrogen) atoms. The van der Waals surface area contributed by atoms with E-state index >= 15 is 0 Å². The summed E-state index contributed by atoms with van der Waals surface area (Å²) in [6, 6.07) is 9.49. The van der Waals surface area contributed by atoms with Gasteiger partial charge >= 0.3 is 0 Å². The van der Waals surface area contributed by atoms with Gasteiger partial charge in [0, 0.05) is 10.6 Å². The first-order valence-corrected chi connectivity index (χ1v) is 7.13. The second-order valence-electron chi connectivity index (χ2n) is 3.75. The Balaban J connectivity index is 2.16. The number of anilines is 1. The lowest BCUT2D eigenvalue weighted by atomic mass is 10.1. The second-order valence-corrected chi connectivity index (χ2v) is 5.58. The normalized spacial score (nSPS) is 12.4. The van der Waals surface area contributed by atoms with E-state index in [1.54, 1.807) is 17.4 Å². The summed E-state index contributed by atoms with van der Waals surface area (Å²) < 4.78 is 13.9. The summed E-state index contributed by atoms with van der Waals surface area (Å²) in [4.78, 5) is 1.27. The zero-order valence-electron chi connectivity index (χ0n) is 9.41. The second kappa shape index (κ2) is 5.65. The Labute approximate surface area is 113 Å². The molecule has 0 fully saturated rings. The summed E-state index contributed by atoms with van der Waals surface area (Å²) in [6.07, 6.45) is 0.970. The molecule has 1 nitrogen and oxygen atoms in total. The predicted molar refractivity (Wildman–Crippen MR) is 75.1 cm³/mol. The molecule has 0 saturated heterocycles. The molecule has 1 aromatic heterocycles. The van der Waals surface area contributed by atoms with Crippen molar-refractivity contribution in [3.8, 4) is 0 Å². The molecule has 0 bridgehead atoms. The van der Waals surface area contributed by atoms with Gasteiger partial charge in [0.05, 0.1) is 10.5 Å². The molecule has 90 valence electrons. The van der Waals surface area contributed by atoms with Crippen LogP contribution in [0.25, 0.3) is 0 Å². The third-order valence-electron chi connectivity index (χ3n) is 2.56. The summed E-state index contributed by atoms with van der Waals surface area (Å²) >= 11 is 4.87. The van der Waals surface area contributed by atoms with E-state index in [0.717, 1.165) is 12.1 Å². The minimum Gasteiger partial charge on any atom is -0.377 e. The summed E-state index contributed by atoms with van der Waals surface area (Å²) in [5.41, 5.74) is 0.811. The third kappa shape index (κ3) is 3.07. The molecule has 2 rings (SSSR count). The van der Waals surface area contributed by atoms with Crippen molar-refractivity contribution < 1.29 is 4.39 Å². The minimum absolute atomic E-state index is 0.240. The fourth-order valence-electron chi connectivity index (χ4n) is 1.65. The van der Waals surface area contributed by atoms with Gasteiger partial charge in [0.2, 0.25) is 0 Å². The van der Waals surface area contributed by atoms with E-state index in [1.807, 2.05) is 12.1 Å². The van der Waals surface area contributed by atoms with Gasteiger partial charge in [-0.2, -0.15) is 0 Å². The maximum Gasteiger partial charge on any atom is 0.139 e. The van der Waals surface area contributed by atoms with Crippen LogP contribution in [0, 0.1) is 5.82 Å². The smallest absolute Gasteiger partial charge is 0.139 e. The van der Waals surface area contributed by atoms with Crippen LogP contribution in [0.5, 0.6) is 0 Å². The minimum atomic E-state index is -0.240. The van der Waals surface area contributed by atoms with Crippen LogP contribution in [0.15, 0.2) is 40.2 Å². The number of halogens is 2. The Hall–Kier alpha value is -0.870. The third-order valence-corrected chi connectivity index (χ3v) is 4.18. The maximum atomic E-state index is 13.4. The number of rotatable bonds is 4. The Bertz CT molecular complexity index is 484. The fourth-order valence-corrected chi connectivity index (χ4v) is 2.76. The summed E-state index contributed by atoms with van der Waals surface area (Å²) in [7, 11) is 0. The van der Waals surface area contributed by atoms with Crippen molar-refractivity contribution in [3.05, 3.63) is 50.9 Å². The largest absolute Gasteiger partial charge is 0.377 e. The standard InChI is InChI=1S/C13H13BrFNS/c1-2-12(13-4-3-7-17-13)16-9-5-6-10(14)11(15)8-9/h3-8,12,16H,2H2,1H3. The molecular weight excluding hydrogens is 301 g/mol. The van der Waals surface area contributed by atoms with Crippen LogP contribution in [0.1, 0.15) is 24.3 Å². The Morgan fingerprint density at radius 3 is 2.82 bits per heavy atom. The molecule has 1 unspecified atom stereocenters. The molecule has 0 aliphatic heterocycles. The molecule has 0 amide bonds. The number of benzene rings is 1. The fraction of sp³-hybridized carbons (Fsp3) is 0.231. The van der Waals surface area contributed by atoms with E-state index in [0.29, 0.717) is 4.47 Å². The van der Waals surface area contributed by atoms with Crippen LogP contribution in [0.3, 0.4) is 0 Å². The summed E-state index contributed by atoms with van der Waals surface area (Å²) in [6.45, 7) is 2.12. The van der Waals surface area contributed by atoms with Gasteiger partial charge in [0.25, 0.3) is 0 Å². The van der Waals surface area contributed by atoms with Crippen molar-refractivity contribution in [2.45, 2.75) is 19.4 Å². The molecule has 0 aliphatic rings. The predicted octanol–water partition coefficient (Wildman–Crippen LogP) is 5.21. The van der Waals surface area contributed by atoms with Gasteiger partial charge in [-0.1, -0.05) is 13.0 Å². The van der Waals surface area contributed by atoms with E-state index in [4.69, 9.17) is 0 Å². The monoisotopic (exact) mass is 313 g/mol. The summed E-state index contributed by atoms with van der Waals surface area (Å²) in [5.74, 6) is -0.240. The van der Waals surface area contributed by atoms with E-state index in [1.165, 1.54) is 10.9 Å². The lowest BCUT2D eigenvalue weighted by Crippen LogP contribution is -2.08. The lowest BCUT2D eigenvalue weighted by Gasteiger charge is -2.17. The molecule has 4 heteroatoms. The maximum absolute atomic E-state index is 13.4. The van der Waals surface area contributed by atoms with Crippen molar-refractivity contribution in [2.75, 3.05) is 5.32 Å². The molecule has 1 aromatic carbocycles. The molecule has 1 atom stereocenters. The zero-order chi connectivity index (χ0) is 12.3. The van der Waals surface area contributed by atoms with Crippen LogP contribution >= 0.6 is 27.3 Å². The first-order chi connectivity index (χ1) is 8.20. The van der Waals surface area contributed by atoms with Gasteiger partial charge in [0.1, 0.15) is 5.82 Å². The molecule has 0 saturated carbocycles. The Morgan fingerprint density at radius 2 is 2.24 bits per heavy atom. The molecule has 1 N–H and O–H groups in total. The van der Waals surface area contributed by atoms with Gasteiger partial charge in [0.15, 0.2) is 0 Å². The highest BCUT2D eigenvalue weighted by molar-refractivity contribution is 9.10. The average Bonchev–Trinajstić information content (AvgIpc) is 2.84. The molecule has 0 radical (unpaired) electrons. The van der Waals surface area contributed by atoms with Gasteiger partial charge in [-0.15, -0.1) is 11.3 Å². The Kier molecular flexibility index (Phi) is 4.18. The Morgan fingerprint density at radius 1 is 1.41 bits per heavy atom. The van der Waals surface area contributed by atoms with Gasteiger partial charge in [-0.25, -0.2) is 4.39 Å². The van der Waals surface area contributed by atoms with Crippen molar-refractivity contribution in [3.63, 3.8) is 0 Å². The zero-order valence-corrected chi connectivity index (χ0v) is 11.8. The SMILES string of the molecule is CCC(Nc1ccc(Br)c(F)c1)c1cccs1. The van der Waals surface area contributed by atoms with Crippen LogP contribution in [0.4, 0.5) is 10.1 Å². The first kappa shape index (κ1) is 12.6. The summed E-state index contributed by atoms with van der Waals surface area (Å²) in [5, 5.41) is 5.41.